The zero-order valence-electron chi connectivity index (χ0n) is 23.3. The van der Waals surface area contributed by atoms with Crippen LogP contribution in [0.5, 0.6) is 28.7 Å². The predicted molar refractivity (Wildman–Crippen MR) is 154 cm³/mol. The lowest BCUT2D eigenvalue weighted by atomic mass is 10.1. The Balaban J connectivity index is 0.000000281. The Bertz CT molecular complexity index is 1530. The lowest BCUT2D eigenvalue weighted by Gasteiger charge is -2.00. The molecule has 222 valence electrons. The number of carboxylic acids is 2. The molecule has 4 aromatic carbocycles. The van der Waals surface area contributed by atoms with Crippen molar-refractivity contribution in [1.29, 1.82) is 0 Å². The van der Waals surface area contributed by atoms with Crippen LogP contribution in [0.3, 0.4) is 0 Å². The van der Waals surface area contributed by atoms with Gasteiger partial charge in [0.1, 0.15) is 34.3 Å². The highest BCUT2D eigenvalue weighted by Gasteiger charge is 2.09. The molecule has 0 atom stereocenters. The van der Waals surface area contributed by atoms with Crippen molar-refractivity contribution in [3.63, 3.8) is 0 Å². The van der Waals surface area contributed by atoms with Gasteiger partial charge < -0.3 is 40.5 Å². The lowest BCUT2D eigenvalue weighted by Crippen LogP contribution is -2.00. The fourth-order valence-electron chi connectivity index (χ4n) is 3.14. The van der Waals surface area contributed by atoms with Crippen molar-refractivity contribution in [1.82, 2.24) is 0 Å². The Labute approximate surface area is 241 Å². The summed E-state index contributed by atoms with van der Waals surface area (Å²) in [6.07, 6.45) is 0. The number of hydrogen-bond donors (Lipinski definition) is 7. The number of carboxylic acid groups (broad SMARTS) is 2. The average molecular weight is 581 g/mol. The van der Waals surface area contributed by atoms with Crippen molar-refractivity contribution in [3.05, 3.63) is 112 Å². The van der Waals surface area contributed by atoms with Crippen LogP contribution >= 0.6 is 0 Å². The molecule has 0 saturated heterocycles. The molecular formula is C31H32O11. The summed E-state index contributed by atoms with van der Waals surface area (Å²) in [6.45, 7) is 4.94. The van der Waals surface area contributed by atoms with E-state index in [-0.39, 0.29) is 45.4 Å². The number of para-hydroxylation sites is 1. The maximum atomic E-state index is 10.9. The van der Waals surface area contributed by atoms with Crippen LogP contribution in [0.4, 0.5) is 0 Å². The van der Waals surface area contributed by atoms with Gasteiger partial charge in [-0.25, -0.2) is 14.4 Å². The molecule has 11 heteroatoms. The summed E-state index contributed by atoms with van der Waals surface area (Å²) >= 11 is 0. The van der Waals surface area contributed by atoms with Crippen molar-refractivity contribution < 1.29 is 54.9 Å². The first-order chi connectivity index (χ1) is 19.7. The summed E-state index contributed by atoms with van der Waals surface area (Å²) in [4.78, 5) is 31.8. The molecule has 0 aromatic heterocycles. The Hall–Kier alpha value is -5.71. The van der Waals surface area contributed by atoms with Gasteiger partial charge in [-0.15, -0.1) is 0 Å². The third-order valence-corrected chi connectivity index (χ3v) is 5.47. The van der Waals surface area contributed by atoms with E-state index in [1.807, 2.05) is 0 Å². The van der Waals surface area contributed by atoms with Crippen molar-refractivity contribution in [2.75, 3.05) is 7.11 Å². The van der Waals surface area contributed by atoms with E-state index < -0.39 is 17.9 Å². The molecule has 0 fully saturated rings. The molecule has 4 rings (SSSR count). The van der Waals surface area contributed by atoms with Crippen molar-refractivity contribution >= 4 is 17.9 Å². The molecular weight excluding hydrogens is 548 g/mol. The zero-order valence-corrected chi connectivity index (χ0v) is 23.3. The third kappa shape index (κ3) is 10.8. The van der Waals surface area contributed by atoms with Crippen LogP contribution in [0.2, 0.25) is 0 Å². The van der Waals surface area contributed by atoms with Gasteiger partial charge in [-0.2, -0.15) is 0 Å². The van der Waals surface area contributed by atoms with Gasteiger partial charge in [0.2, 0.25) is 0 Å². The number of carbonyl (C=O) groups is 3. The summed E-state index contributed by atoms with van der Waals surface area (Å²) in [5.41, 5.74) is 2.22. The first kappa shape index (κ1) is 34.3. The molecule has 0 heterocycles. The van der Waals surface area contributed by atoms with E-state index >= 15 is 0 Å². The smallest absolute Gasteiger partial charge is 0.341 e. The number of ether oxygens (including phenoxy) is 1. The molecule has 11 nitrogen and oxygen atoms in total. The number of esters is 1. The van der Waals surface area contributed by atoms with Crippen molar-refractivity contribution in [2.45, 2.75) is 20.8 Å². The summed E-state index contributed by atoms with van der Waals surface area (Å²) in [7, 11) is 1.27. The molecule has 0 amide bonds. The molecule has 0 aliphatic heterocycles. The van der Waals surface area contributed by atoms with Crippen LogP contribution in [-0.4, -0.2) is 60.8 Å². The van der Waals surface area contributed by atoms with Gasteiger partial charge in [0, 0.05) is 5.56 Å². The van der Waals surface area contributed by atoms with Crippen LogP contribution in [0.25, 0.3) is 0 Å². The Morgan fingerprint density at radius 2 is 1.05 bits per heavy atom. The van der Waals surface area contributed by atoms with Gasteiger partial charge in [-0.05, 0) is 92.6 Å². The minimum Gasteiger partial charge on any atom is -0.508 e. The van der Waals surface area contributed by atoms with E-state index in [0.29, 0.717) is 16.7 Å². The van der Waals surface area contributed by atoms with Crippen LogP contribution in [-0.2, 0) is 4.74 Å². The highest BCUT2D eigenvalue weighted by atomic mass is 16.5. The van der Waals surface area contributed by atoms with Gasteiger partial charge in [-0.3, -0.25) is 0 Å². The van der Waals surface area contributed by atoms with E-state index in [9.17, 15) is 14.4 Å². The quantitative estimate of drug-likeness (QED) is 0.121. The molecule has 4 aromatic rings. The van der Waals surface area contributed by atoms with Gasteiger partial charge in [-0.1, -0.05) is 18.2 Å². The predicted octanol–water partition coefficient (Wildman–Crippen LogP) is 5.38. The zero-order chi connectivity index (χ0) is 32.0. The number of aromatic hydroxyl groups is 5. The number of carbonyl (C=O) groups excluding carboxylic acids is 1. The van der Waals surface area contributed by atoms with E-state index in [2.05, 4.69) is 4.74 Å². The molecule has 0 aliphatic rings. The number of methoxy groups -OCH3 is 1. The fraction of sp³-hybridized carbons (Fsp3) is 0.129. The van der Waals surface area contributed by atoms with Crippen LogP contribution < -0.4 is 0 Å². The molecule has 0 spiro atoms. The van der Waals surface area contributed by atoms with Gasteiger partial charge >= 0.3 is 17.9 Å². The summed E-state index contributed by atoms with van der Waals surface area (Å²) in [6, 6.07) is 19.2. The summed E-state index contributed by atoms with van der Waals surface area (Å²) < 4.78 is 4.42. The molecule has 0 unspecified atom stereocenters. The number of benzene rings is 4. The Kier molecular flexibility index (Phi) is 13.4. The van der Waals surface area contributed by atoms with E-state index in [1.165, 1.54) is 73.8 Å². The maximum Gasteiger partial charge on any atom is 0.341 e. The van der Waals surface area contributed by atoms with Crippen LogP contribution in [0, 0.1) is 20.8 Å². The number of phenols is 5. The lowest BCUT2D eigenvalue weighted by molar-refractivity contribution is 0.0595. The number of aryl methyl sites for hydroxylation is 2. The first-order valence-corrected chi connectivity index (χ1v) is 12.1. The van der Waals surface area contributed by atoms with Crippen molar-refractivity contribution in [2.24, 2.45) is 0 Å². The second-order valence-corrected chi connectivity index (χ2v) is 8.54. The monoisotopic (exact) mass is 580 g/mol. The topological polar surface area (TPSA) is 202 Å². The minimum atomic E-state index is -1.02. The molecule has 0 radical (unpaired) electrons. The SMILES string of the molecule is COC(=O)c1ccccc1O.Cc1c(O)cccc1C(=O)O.Cc1cc(O)ccc1C(=O)O.Cc1cc(O)ccc1O. The molecule has 0 saturated carbocycles. The maximum absolute atomic E-state index is 10.9. The number of aromatic carboxylic acids is 2. The number of hydrogen-bond acceptors (Lipinski definition) is 9. The van der Waals surface area contributed by atoms with Crippen LogP contribution in [0.15, 0.2) is 78.9 Å². The fourth-order valence-corrected chi connectivity index (χ4v) is 3.14. The average Bonchev–Trinajstić information content (AvgIpc) is 2.93. The molecule has 7 N–H and O–H groups in total. The van der Waals surface area contributed by atoms with Gasteiger partial charge in [0.15, 0.2) is 0 Å². The Morgan fingerprint density at radius 1 is 0.548 bits per heavy atom. The number of rotatable bonds is 3. The summed E-state index contributed by atoms with van der Waals surface area (Å²) in [5, 5.41) is 62.0. The van der Waals surface area contributed by atoms with Gasteiger partial charge in [0.05, 0.1) is 18.2 Å². The van der Waals surface area contributed by atoms with E-state index in [0.717, 1.165) is 0 Å². The van der Waals surface area contributed by atoms with E-state index in [1.54, 1.807) is 32.9 Å². The first-order valence-electron chi connectivity index (χ1n) is 12.1. The molecule has 42 heavy (non-hydrogen) atoms. The summed E-state index contributed by atoms with van der Waals surface area (Å²) in [5.74, 6) is -2.06. The van der Waals surface area contributed by atoms with Gasteiger partial charge in [0.25, 0.3) is 0 Å². The second kappa shape index (κ2) is 16.4. The van der Waals surface area contributed by atoms with E-state index in [4.69, 9.17) is 35.7 Å². The minimum absolute atomic E-state index is 0.0184. The molecule has 0 bridgehead atoms. The second-order valence-electron chi connectivity index (χ2n) is 8.54. The number of phenolic OH excluding ortho intramolecular Hbond substituents is 5. The highest BCUT2D eigenvalue weighted by molar-refractivity contribution is 5.92. The van der Waals surface area contributed by atoms with Crippen molar-refractivity contribution in [3.8, 4) is 28.7 Å². The standard InChI is InChI=1S/3C8H8O3.C7H8O2/c1-5-4-6(9)2-3-7(5)8(10)11;1-11-8(10)6-4-2-3-5-7(6)9;1-5-6(8(10)11)3-2-4-7(5)9;1-5-4-6(8)2-3-7(5)9/h2-4,9H,1H3,(H,10,11);2-5,9H,1H3;2-4,9H,1H3,(H,10,11);2-4,8-9H,1H3. The Morgan fingerprint density at radius 3 is 1.50 bits per heavy atom. The molecule has 0 aliphatic carbocycles. The normalized spacial score (nSPS) is 9.43. The largest absolute Gasteiger partial charge is 0.508 e. The third-order valence-electron chi connectivity index (χ3n) is 5.47. The van der Waals surface area contributed by atoms with Crippen LogP contribution in [0.1, 0.15) is 47.8 Å². The highest BCUT2D eigenvalue weighted by Crippen LogP contribution is 2.20.